The van der Waals surface area contributed by atoms with Crippen LogP contribution in [-0.4, -0.2) is 11.9 Å². The Morgan fingerprint density at radius 3 is 2.50 bits per heavy atom. The van der Waals surface area contributed by atoms with Gasteiger partial charge in [-0.15, -0.1) is 0 Å². The summed E-state index contributed by atoms with van der Waals surface area (Å²) in [6.07, 6.45) is 11.2. The molecular weight excluding hydrogens is 184 g/mol. The molecule has 0 unspecified atom stereocenters. The molecule has 0 radical (unpaired) electrons. The third kappa shape index (κ3) is 11.6. The zero-order chi connectivity index (χ0) is 10.5. The SMILES string of the molecule is CC=CCCCCCCCOOOO. The summed E-state index contributed by atoms with van der Waals surface area (Å²) in [5.41, 5.74) is 0. The standard InChI is InChI=1S/C10H20O4/c1-2-3-4-5-6-7-8-9-10-12-14-13-11/h2-3,11H,4-10H2,1H3. The summed E-state index contributed by atoms with van der Waals surface area (Å²) in [6.45, 7) is 2.50. The molecule has 0 saturated carbocycles. The summed E-state index contributed by atoms with van der Waals surface area (Å²) < 4.78 is 0. The molecule has 0 atom stereocenters. The molecule has 84 valence electrons. The van der Waals surface area contributed by atoms with Crippen LogP contribution in [0, 0.1) is 0 Å². The molecule has 0 fully saturated rings. The van der Waals surface area contributed by atoms with Gasteiger partial charge in [-0.25, -0.2) is 10.1 Å². The summed E-state index contributed by atoms with van der Waals surface area (Å²) >= 11 is 0. The van der Waals surface area contributed by atoms with E-state index in [1.165, 1.54) is 25.7 Å². The van der Waals surface area contributed by atoms with Crippen LogP contribution in [-0.2, 0) is 15.0 Å². The largest absolute Gasteiger partial charge is 0.219 e. The molecular formula is C10H20O4. The Hall–Kier alpha value is -0.420. The maximum Gasteiger partial charge on any atom is 0.0854 e. The van der Waals surface area contributed by atoms with Crippen molar-refractivity contribution in [1.29, 1.82) is 0 Å². The lowest BCUT2D eigenvalue weighted by atomic mass is 10.1. The first-order chi connectivity index (χ1) is 6.91. The maximum absolute atomic E-state index is 7.74. The molecule has 0 heterocycles. The van der Waals surface area contributed by atoms with E-state index in [0.717, 1.165) is 12.8 Å². The normalized spacial score (nSPS) is 11.3. The summed E-state index contributed by atoms with van der Waals surface area (Å²) in [5, 5.41) is 14.9. The lowest BCUT2D eigenvalue weighted by Crippen LogP contribution is -1.95. The van der Waals surface area contributed by atoms with Gasteiger partial charge in [0, 0.05) is 0 Å². The quantitative estimate of drug-likeness (QED) is 0.257. The van der Waals surface area contributed by atoms with Gasteiger partial charge in [0.2, 0.25) is 0 Å². The Labute approximate surface area is 85.3 Å². The molecule has 0 aromatic rings. The van der Waals surface area contributed by atoms with Crippen molar-refractivity contribution >= 4 is 0 Å². The Kier molecular flexibility index (Phi) is 12.2. The van der Waals surface area contributed by atoms with Gasteiger partial charge in [0.1, 0.15) is 0 Å². The zero-order valence-electron chi connectivity index (χ0n) is 8.78. The van der Waals surface area contributed by atoms with Crippen molar-refractivity contribution < 1.29 is 20.2 Å². The Morgan fingerprint density at radius 2 is 1.79 bits per heavy atom. The molecule has 0 saturated heterocycles. The number of hydrogen-bond donors (Lipinski definition) is 1. The Morgan fingerprint density at radius 1 is 1.07 bits per heavy atom. The summed E-state index contributed by atoms with van der Waals surface area (Å²) in [4.78, 5) is 4.44. The molecule has 0 aromatic heterocycles. The monoisotopic (exact) mass is 204 g/mol. The average Bonchev–Trinajstić information content (AvgIpc) is 2.21. The molecule has 0 aliphatic heterocycles. The maximum atomic E-state index is 7.74. The highest BCUT2D eigenvalue weighted by Crippen LogP contribution is 2.05. The minimum atomic E-state index is 0.454. The molecule has 1 N–H and O–H groups in total. The molecule has 14 heavy (non-hydrogen) atoms. The van der Waals surface area contributed by atoms with Crippen LogP contribution in [0.2, 0.25) is 0 Å². The minimum absolute atomic E-state index is 0.454. The van der Waals surface area contributed by atoms with Gasteiger partial charge in [-0.3, -0.25) is 0 Å². The highest BCUT2D eigenvalue weighted by Gasteiger charge is 1.91. The highest BCUT2D eigenvalue weighted by atomic mass is 17.6. The van der Waals surface area contributed by atoms with Gasteiger partial charge in [0.25, 0.3) is 0 Å². The van der Waals surface area contributed by atoms with Crippen LogP contribution in [0.3, 0.4) is 0 Å². The van der Waals surface area contributed by atoms with Crippen molar-refractivity contribution in [2.24, 2.45) is 0 Å². The first kappa shape index (κ1) is 13.6. The van der Waals surface area contributed by atoms with Gasteiger partial charge in [-0.1, -0.05) is 31.4 Å². The van der Waals surface area contributed by atoms with E-state index in [9.17, 15) is 0 Å². The zero-order valence-corrected chi connectivity index (χ0v) is 8.78. The Balaban J connectivity index is 2.85. The second-order valence-corrected chi connectivity index (χ2v) is 3.09. The molecule has 0 amide bonds. The van der Waals surface area contributed by atoms with E-state index in [1.807, 2.05) is 6.92 Å². The number of rotatable bonds is 10. The first-order valence-electron chi connectivity index (χ1n) is 5.12. The number of unbranched alkanes of at least 4 members (excludes halogenated alkanes) is 5. The van der Waals surface area contributed by atoms with Gasteiger partial charge < -0.3 is 0 Å². The van der Waals surface area contributed by atoms with E-state index < -0.39 is 0 Å². The van der Waals surface area contributed by atoms with Crippen LogP contribution < -0.4 is 0 Å². The molecule has 0 spiro atoms. The minimum Gasteiger partial charge on any atom is -0.219 e. The van der Waals surface area contributed by atoms with Crippen LogP contribution in [0.5, 0.6) is 0 Å². The summed E-state index contributed by atoms with van der Waals surface area (Å²) in [5.74, 6) is 0. The molecule has 4 heteroatoms. The van der Waals surface area contributed by atoms with Crippen molar-refractivity contribution in [3.8, 4) is 0 Å². The van der Waals surface area contributed by atoms with Crippen molar-refractivity contribution in [3.63, 3.8) is 0 Å². The Bertz CT molecular complexity index is 125. The molecule has 0 rings (SSSR count). The molecule has 0 aromatic carbocycles. The van der Waals surface area contributed by atoms with E-state index in [0.29, 0.717) is 6.61 Å². The second kappa shape index (κ2) is 12.6. The van der Waals surface area contributed by atoms with Crippen LogP contribution in [0.4, 0.5) is 0 Å². The van der Waals surface area contributed by atoms with Crippen molar-refractivity contribution in [2.45, 2.75) is 45.4 Å². The van der Waals surface area contributed by atoms with Gasteiger partial charge >= 0.3 is 0 Å². The molecule has 0 aliphatic rings. The lowest BCUT2D eigenvalue weighted by Gasteiger charge is -1.99. The van der Waals surface area contributed by atoms with E-state index in [2.05, 4.69) is 27.1 Å². The van der Waals surface area contributed by atoms with E-state index in [1.54, 1.807) is 0 Å². The predicted molar refractivity (Wildman–Crippen MR) is 53.3 cm³/mol. The second-order valence-electron chi connectivity index (χ2n) is 3.09. The van der Waals surface area contributed by atoms with Crippen molar-refractivity contribution in [3.05, 3.63) is 12.2 Å². The topological polar surface area (TPSA) is 47.9 Å². The highest BCUT2D eigenvalue weighted by molar-refractivity contribution is 4.76. The third-order valence-corrected chi connectivity index (χ3v) is 1.91. The van der Waals surface area contributed by atoms with E-state index >= 15 is 0 Å². The van der Waals surface area contributed by atoms with E-state index in [-0.39, 0.29) is 0 Å². The molecule has 4 nitrogen and oxygen atoms in total. The molecule has 0 bridgehead atoms. The van der Waals surface area contributed by atoms with Gasteiger partial charge in [-0.2, -0.15) is 0 Å². The van der Waals surface area contributed by atoms with Gasteiger partial charge in [0.05, 0.1) is 6.61 Å². The van der Waals surface area contributed by atoms with Gasteiger partial charge in [-0.05, 0) is 36.3 Å². The van der Waals surface area contributed by atoms with Crippen LogP contribution >= 0.6 is 0 Å². The summed E-state index contributed by atoms with van der Waals surface area (Å²) in [7, 11) is 0. The number of allylic oxidation sites excluding steroid dienone is 2. The van der Waals surface area contributed by atoms with Crippen molar-refractivity contribution in [1.82, 2.24) is 0 Å². The average molecular weight is 204 g/mol. The van der Waals surface area contributed by atoms with Crippen LogP contribution in [0.15, 0.2) is 12.2 Å². The fraction of sp³-hybridized carbons (Fsp3) is 0.800. The lowest BCUT2D eigenvalue weighted by molar-refractivity contribution is -0.623. The third-order valence-electron chi connectivity index (χ3n) is 1.91. The van der Waals surface area contributed by atoms with Crippen molar-refractivity contribution in [2.75, 3.05) is 6.61 Å². The fourth-order valence-corrected chi connectivity index (χ4v) is 1.18. The fourth-order valence-electron chi connectivity index (χ4n) is 1.18. The predicted octanol–water partition coefficient (Wildman–Crippen LogP) is 3.26. The van der Waals surface area contributed by atoms with E-state index in [4.69, 9.17) is 5.26 Å². The summed E-state index contributed by atoms with van der Waals surface area (Å²) in [6, 6.07) is 0. The first-order valence-corrected chi connectivity index (χ1v) is 5.12. The smallest absolute Gasteiger partial charge is 0.0854 e. The van der Waals surface area contributed by atoms with Crippen LogP contribution in [0.1, 0.15) is 45.4 Å². The number of hydrogen-bond acceptors (Lipinski definition) is 4. The van der Waals surface area contributed by atoms with Crippen LogP contribution in [0.25, 0.3) is 0 Å². The molecule has 0 aliphatic carbocycles. The van der Waals surface area contributed by atoms with Gasteiger partial charge in [0.15, 0.2) is 0 Å².